The number of benzene rings is 2. The molecule has 0 saturated carbocycles. The van der Waals surface area contributed by atoms with E-state index in [0.29, 0.717) is 31.7 Å². The molecular weight excluding hydrogens is 378 g/mol. The fourth-order valence-electron chi connectivity index (χ4n) is 3.08. The zero-order valence-corrected chi connectivity index (χ0v) is 16.4. The minimum Gasteiger partial charge on any atom is -0.497 e. The second-order valence-corrected chi connectivity index (χ2v) is 8.44. The van der Waals surface area contributed by atoms with Crippen LogP contribution in [-0.2, 0) is 14.8 Å². The standard InChI is InChI=1S/C20H23N3O4S/c1-27-18-7-5-6-16(14-18)15-21-22-20(24)17-10-12-23(13-11-17)28(25,26)19-8-3-2-4-9-19/h2-9,14-15,17H,10-13H2,1H3,(H,22,24)/b21-15-. The number of methoxy groups -OCH3 is 1. The summed E-state index contributed by atoms with van der Waals surface area (Å²) in [6.45, 7) is 0.629. The molecule has 0 spiro atoms. The Labute approximate surface area is 165 Å². The molecule has 7 nitrogen and oxygen atoms in total. The number of carbonyl (C=O) groups is 1. The van der Waals surface area contributed by atoms with Crippen LogP contribution in [0.5, 0.6) is 5.75 Å². The van der Waals surface area contributed by atoms with Crippen LogP contribution in [0.4, 0.5) is 0 Å². The van der Waals surface area contributed by atoms with Crippen molar-refractivity contribution in [3.05, 3.63) is 60.2 Å². The highest BCUT2D eigenvalue weighted by Gasteiger charge is 2.31. The van der Waals surface area contributed by atoms with Crippen molar-refractivity contribution in [3.63, 3.8) is 0 Å². The Morgan fingerprint density at radius 2 is 1.86 bits per heavy atom. The summed E-state index contributed by atoms with van der Waals surface area (Å²) in [6, 6.07) is 15.7. The van der Waals surface area contributed by atoms with E-state index in [1.54, 1.807) is 43.7 Å². The molecule has 1 N–H and O–H groups in total. The van der Waals surface area contributed by atoms with Crippen molar-refractivity contribution in [3.8, 4) is 5.75 Å². The SMILES string of the molecule is COc1cccc(/C=N\NC(=O)C2CCN(S(=O)(=O)c3ccccc3)CC2)c1. The number of hydrogen-bond acceptors (Lipinski definition) is 5. The van der Waals surface area contributed by atoms with E-state index in [9.17, 15) is 13.2 Å². The maximum absolute atomic E-state index is 12.6. The number of nitrogens with one attached hydrogen (secondary N) is 1. The van der Waals surface area contributed by atoms with E-state index < -0.39 is 10.0 Å². The van der Waals surface area contributed by atoms with Gasteiger partial charge in [-0.05, 0) is 42.7 Å². The Hall–Kier alpha value is -2.71. The Morgan fingerprint density at radius 1 is 1.14 bits per heavy atom. The monoisotopic (exact) mass is 401 g/mol. The molecular formula is C20H23N3O4S. The molecule has 1 saturated heterocycles. The molecule has 3 rings (SSSR count). The Morgan fingerprint density at radius 3 is 2.54 bits per heavy atom. The van der Waals surface area contributed by atoms with Gasteiger partial charge < -0.3 is 4.74 Å². The zero-order chi connectivity index (χ0) is 20.0. The fraction of sp³-hybridized carbons (Fsp3) is 0.300. The minimum absolute atomic E-state index is 0.198. The average Bonchev–Trinajstić information content (AvgIpc) is 2.74. The third kappa shape index (κ3) is 4.76. The van der Waals surface area contributed by atoms with E-state index in [1.165, 1.54) is 4.31 Å². The Kier molecular flexibility index (Phi) is 6.43. The van der Waals surface area contributed by atoms with Crippen LogP contribution in [0.2, 0.25) is 0 Å². The van der Waals surface area contributed by atoms with Gasteiger partial charge in [0.2, 0.25) is 15.9 Å². The van der Waals surface area contributed by atoms with Crippen LogP contribution in [0.15, 0.2) is 64.6 Å². The smallest absolute Gasteiger partial charge is 0.243 e. The first-order valence-corrected chi connectivity index (χ1v) is 10.5. The minimum atomic E-state index is -3.51. The van der Waals surface area contributed by atoms with Gasteiger partial charge in [-0.25, -0.2) is 13.8 Å². The second-order valence-electron chi connectivity index (χ2n) is 6.50. The zero-order valence-electron chi connectivity index (χ0n) is 15.6. The van der Waals surface area contributed by atoms with Crippen molar-refractivity contribution >= 4 is 22.1 Å². The summed E-state index contributed by atoms with van der Waals surface area (Å²) in [4.78, 5) is 12.6. The lowest BCUT2D eigenvalue weighted by Gasteiger charge is -2.30. The van der Waals surface area contributed by atoms with Crippen molar-refractivity contribution in [2.45, 2.75) is 17.7 Å². The van der Waals surface area contributed by atoms with E-state index >= 15 is 0 Å². The van der Waals surface area contributed by atoms with Gasteiger partial charge in [-0.1, -0.05) is 30.3 Å². The lowest BCUT2D eigenvalue weighted by Crippen LogP contribution is -2.42. The van der Waals surface area contributed by atoms with Crippen LogP contribution in [0.1, 0.15) is 18.4 Å². The van der Waals surface area contributed by atoms with E-state index in [2.05, 4.69) is 10.5 Å². The average molecular weight is 401 g/mol. The number of hydrogen-bond donors (Lipinski definition) is 1. The summed E-state index contributed by atoms with van der Waals surface area (Å²) in [5.41, 5.74) is 3.35. The second kappa shape index (κ2) is 8.99. The van der Waals surface area contributed by atoms with Gasteiger partial charge in [0.05, 0.1) is 18.2 Å². The first kappa shape index (κ1) is 20.0. The number of carbonyl (C=O) groups excluding carboxylic acids is 1. The quantitative estimate of drug-likeness (QED) is 0.594. The van der Waals surface area contributed by atoms with Crippen LogP contribution in [0.3, 0.4) is 0 Å². The number of sulfonamides is 1. The van der Waals surface area contributed by atoms with Crippen LogP contribution in [0.25, 0.3) is 0 Å². The topological polar surface area (TPSA) is 88.1 Å². The van der Waals surface area contributed by atoms with E-state index in [1.807, 2.05) is 24.3 Å². The van der Waals surface area contributed by atoms with Crippen LogP contribution in [-0.4, -0.2) is 45.0 Å². The van der Waals surface area contributed by atoms with Gasteiger partial charge in [0, 0.05) is 19.0 Å². The summed E-state index contributed by atoms with van der Waals surface area (Å²) >= 11 is 0. The van der Waals surface area contributed by atoms with Crippen molar-refractivity contribution < 1.29 is 17.9 Å². The van der Waals surface area contributed by atoms with Crippen molar-refractivity contribution in [1.82, 2.24) is 9.73 Å². The highest BCUT2D eigenvalue weighted by molar-refractivity contribution is 7.89. The van der Waals surface area contributed by atoms with Gasteiger partial charge in [-0.2, -0.15) is 9.41 Å². The van der Waals surface area contributed by atoms with E-state index in [4.69, 9.17) is 4.74 Å². The van der Waals surface area contributed by atoms with Gasteiger partial charge >= 0.3 is 0 Å². The fourth-order valence-corrected chi connectivity index (χ4v) is 4.57. The molecule has 0 aromatic heterocycles. The summed E-state index contributed by atoms with van der Waals surface area (Å²) in [5.74, 6) is 0.253. The summed E-state index contributed by atoms with van der Waals surface area (Å²) in [6.07, 6.45) is 2.48. The van der Waals surface area contributed by atoms with E-state index in [-0.39, 0.29) is 16.7 Å². The normalized spacial score (nSPS) is 16.2. The van der Waals surface area contributed by atoms with Crippen molar-refractivity contribution in [2.75, 3.05) is 20.2 Å². The van der Waals surface area contributed by atoms with Gasteiger partial charge in [0.1, 0.15) is 5.75 Å². The molecule has 2 aromatic rings. The van der Waals surface area contributed by atoms with E-state index in [0.717, 1.165) is 5.56 Å². The van der Waals surface area contributed by atoms with Gasteiger partial charge in [-0.3, -0.25) is 4.79 Å². The molecule has 8 heteroatoms. The Bertz CT molecular complexity index is 937. The number of rotatable bonds is 6. The predicted molar refractivity (Wildman–Crippen MR) is 107 cm³/mol. The number of piperidine rings is 1. The first-order chi connectivity index (χ1) is 13.5. The first-order valence-electron chi connectivity index (χ1n) is 9.03. The maximum atomic E-state index is 12.6. The number of ether oxygens (including phenoxy) is 1. The molecule has 0 radical (unpaired) electrons. The van der Waals surface area contributed by atoms with Crippen molar-refractivity contribution in [1.29, 1.82) is 0 Å². The molecule has 0 aliphatic carbocycles. The largest absolute Gasteiger partial charge is 0.497 e. The lowest BCUT2D eigenvalue weighted by atomic mass is 9.98. The number of amides is 1. The van der Waals surface area contributed by atoms with Gasteiger partial charge in [0.15, 0.2) is 0 Å². The Balaban J connectivity index is 1.53. The van der Waals surface area contributed by atoms with Crippen molar-refractivity contribution in [2.24, 2.45) is 11.0 Å². The highest BCUT2D eigenvalue weighted by atomic mass is 32.2. The van der Waals surface area contributed by atoms with Crippen LogP contribution in [0, 0.1) is 5.92 Å². The molecule has 1 amide bonds. The molecule has 1 fully saturated rings. The predicted octanol–water partition coefficient (Wildman–Crippen LogP) is 2.25. The molecule has 0 unspecified atom stereocenters. The van der Waals surface area contributed by atoms with Crippen LogP contribution < -0.4 is 10.2 Å². The third-order valence-corrected chi connectivity index (χ3v) is 6.60. The highest BCUT2D eigenvalue weighted by Crippen LogP contribution is 2.23. The molecule has 0 atom stereocenters. The molecule has 148 valence electrons. The molecule has 28 heavy (non-hydrogen) atoms. The lowest BCUT2D eigenvalue weighted by molar-refractivity contribution is -0.126. The maximum Gasteiger partial charge on any atom is 0.243 e. The number of nitrogens with zero attached hydrogens (tertiary/aromatic N) is 2. The molecule has 1 aliphatic heterocycles. The molecule has 0 bridgehead atoms. The van der Waals surface area contributed by atoms with Crippen LogP contribution >= 0.6 is 0 Å². The summed E-state index contributed by atoms with van der Waals surface area (Å²) in [5, 5.41) is 4.00. The summed E-state index contributed by atoms with van der Waals surface area (Å²) < 4.78 is 31.9. The summed E-state index contributed by atoms with van der Waals surface area (Å²) in [7, 11) is -1.92. The molecule has 1 heterocycles. The van der Waals surface area contributed by atoms with Gasteiger partial charge in [-0.15, -0.1) is 0 Å². The third-order valence-electron chi connectivity index (χ3n) is 4.69. The van der Waals surface area contributed by atoms with Gasteiger partial charge in [0.25, 0.3) is 0 Å². The number of hydrazone groups is 1. The molecule has 1 aliphatic rings. The molecule has 2 aromatic carbocycles.